The number of carbonyl (C=O) groups is 1. The van der Waals surface area contributed by atoms with Crippen molar-refractivity contribution in [3.63, 3.8) is 0 Å². The van der Waals surface area contributed by atoms with Crippen LogP contribution in [0.25, 0.3) is 0 Å². The fourth-order valence-corrected chi connectivity index (χ4v) is 1.95. The van der Waals surface area contributed by atoms with Gasteiger partial charge in [0.25, 0.3) is 0 Å². The lowest BCUT2D eigenvalue weighted by molar-refractivity contribution is -0.121. The highest BCUT2D eigenvalue weighted by Gasteiger charge is 2.38. The number of hydrogen-bond acceptors (Lipinski definition) is 3. The Balaban J connectivity index is 2.16. The maximum Gasteiger partial charge on any atom is 0.246 e. The van der Waals surface area contributed by atoms with Crippen LogP contribution >= 0.6 is 23.2 Å². The molecule has 6 heteroatoms. The van der Waals surface area contributed by atoms with Crippen LogP contribution in [0.2, 0.25) is 10.0 Å². The molecule has 3 N–H and O–H groups in total. The topological polar surface area (TPSA) is 64.4 Å². The third-order valence-electron chi connectivity index (χ3n) is 2.70. The average Bonchev–Trinajstić information content (AvgIpc) is 2.73. The van der Waals surface area contributed by atoms with Crippen LogP contribution in [0.4, 0.5) is 5.69 Å². The summed E-state index contributed by atoms with van der Waals surface area (Å²) in [7, 11) is 0. The van der Waals surface area contributed by atoms with Gasteiger partial charge in [0.15, 0.2) is 0 Å². The number of rotatable bonds is 2. The van der Waals surface area contributed by atoms with E-state index < -0.39 is 5.54 Å². The van der Waals surface area contributed by atoms with E-state index in [4.69, 9.17) is 33.7 Å². The van der Waals surface area contributed by atoms with Crippen molar-refractivity contribution in [2.24, 2.45) is 5.73 Å². The first-order valence-electron chi connectivity index (χ1n) is 5.15. The van der Waals surface area contributed by atoms with Crippen LogP contribution in [0, 0.1) is 0 Å². The number of halogens is 2. The van der Waals surface area contributed by atoms with Crippen molar-refractivity contribution in [1.29, 1.82) is 0 Å². The molecular formula is C11H12Cl2N2O2. The molecule has 17 heavy (non-hydrogen) atoms. The summed E-state index contributed by atoms with van der Waals surface area (Å²) in [5.41, 5.74) is 5.40. The Morgan fingerprint density at radius 3 is 2.88 bits per heavy atom. The highest BCUT2D eigenvalue weighted by molar-refractivity contribution is 6.44. The molecule has 1 heterocycles. The number of nitrogens with one attached hydrogen (secondary N) is 1. The Kier molecular flexibility index (Phi) is 3.58. The van der Waals surface area contributed by atoms with Crippen molar-refractivity contribution in [2.45, 2.75) is 12.0 Å². The molecule has 0 aliphatic carbocycles. The second-order valence-corrected chi connectivity index (χ2v) is 4.80. The maximum atomic E-state index is 12.0. The summed E-state index contributed by atoms with van der Waals surface area (Å²) in [6, 6.07) is 5.03. The van der Waals surface area contributed by atoms with E-state index >= 15 is 0 Å². The van der Waals surface area contributed by atoms with E-state index in [1.807, 2.05) is 0 Å². The molecule has 1 amide bonds. The van der Waals surface area contributed by atoms with Crippen molar-refractivity contribution in [1.82, 2.24) is 0 Å². The number of carbonyl (C=O) groups excluding carboxylic acids is 1. The van der Waals surface area contributed by atoms with E-state index in [0.29, 0.717) is 28.8 Å². The van der Waals surface area contributed by atoms with Crippen molar-refractivity contribution in [3.05, 3.63) is 28.2 Å². The van der Waals surface area contributed by atoms with Gasteiger partial charge in [0.05, 0.1) is 22.3 Å². The van der Waals surface area contributed by atoms with Crippen LogP contribution in [0.3, 0.4) is 0 Å². The molecular weight excluding hydrogens is 263 g/mol. The third-order valence-corrected chi connectivity index (χ3v) is 3.52. The lowest BCUT2D eigenvalue weighted by atomic mass is 9.99. The van der Waals surface area contributed by atoms with Gasteiger partial charge in [-0.2, -0.15) is 0 Å². The van der Waals surface area contributed by atoms with Gasteiger partial charge in [-0.25, -0.2) is 0 Å². The first-order valence-corrected chi connectivity index (χ1v) is 5.91. The predicted molar refractivity (Wildman–Crippen MR) is 67.4 cm³/mol. The minimum Gasteiger partial charge on any atom is -0.379 e. The van der Waals surface area contributed by atoms with Gasteiger partial charge in [-0.15, -0.1) is 0 Å². The second kappa shape index (κ2) is 4.82. The standard InChI is InChI=1S/C11H12Cl2N2O2/c12-7-2-1-3-8(9(7)13)15-10(16)11(14)4-5-17-6-11/h1-3H,4-6,14H2,(H,15,16). The SMILES string of the molecule is NC1(C(=O)Nc2cccc(Cl)c2Cl)CCOC1. The van der Waals surface area contributed by atoms with E-state index in [2.05, 4.69) is 5.32 Å². The zero-order valence-corrected chi connectivity index (χ0v) is 10.5. The smallest absolute Gasteiger partial charge is 0.246 e. The van der Waals surface area contributed by atoms with Crippen molar-refractivity contribution in [3.8, 4) is 0 Å². The average molecular weight is 275 g/mol. The summed E-state index contributed by atoms with van der Waals surface area (Å²) in [4.78, 5) is 12.0. The first kappa shape index (κ1) is 12.6. The molecule has 1 aliphatic heterocycles. The van der Waals surface area contributed by atoms with Crippen LogP contribution in [0.15, 0.2) is 18.2 Å². The summed E-state index contributed by atoms with van der Waals surface area (Å²) in [6.45, 7) is 0.713. The molecule has 0 aromatic heterocycles. The van der Waals surface area contributed by atoms with E-state index in [0.717, 1.165) is 0 Å². The Morgan fingerprint density at radius 2 is 2.24 bits per heavy atom. The molecule has 1 aliphatic rings. The third kappa shape index (κ3) is 2.55. The van der Waals surface area contributed by atoms with Crippen molar-refractivity contribution in [2.75, 3.05) is 18.5 Å². The van der Waals surface area contributed by atoms with E-state index in [-0.39, 0.29) is 12.5 Å². The van der Waals surface area contributed by atoms with Crippen LogP contribution in [0.1, 0.15) is 6.42 Å². The lowest BCUT2D eigenvalue weighted by Crippen LogP contribution is -2.51. The molecule has 92 valence electrons. The Labute approximate surface area is 109 Å². The number of amides is 1. The normalized spacial score (nSPS) is 23.7. The summed E-state index contributed by atoms with van der Waals surface area (Å²) >= 11 is 11.8. The second-order valence-electron chi connectivity index (χ2n) is 4.01. The molecule has 0 spiro atoms. The minimum atomic E-state index is -0.981. The van der Waals surface area contributed by atoms with Gasteiger partial charge in [-0.3, -0.25) is 4.79 Å². The quantitative estimate of drug-likeness (QED) is 0.868. The van der Waals surface area contributed by atoms with Crippen molar-refractivity contribution >= 4 is 34.8 Å². The summed E-state index contributed by atoms with van der Waals surface area (Å²) in [5, 5.41) is 3.37. The molecule has 1 unspecified atom stereocenters. The lowest BCUT2D eigenvalue weighted by Gasteiger charge is -2.21. The molecule has 1 aromatic rings. The Bertz CT molecular complexity index is 445. The maximum absolute atomic E-state index is 12.0. The summed E-state index contributed by atoms with van der Waals surface area (Å²) in [6.07, 6.45) is 0.497. The van der Waals surface area contributed by atoms with Crippen LogP contribution < -0.4 is 11.1 Å². The van der Waals surface area contributed by atoms with Gasteiger partial charge in [0.2, 0.25) is 5.91 Å². The van der Waals surface area contributed by atoms with Crippen LogP contribution in [-0.2, 0) is 9.53 Å². The molecule has 1 atom stereocenters. The highest BCUT2D eigenvalue weighted by Crippen LogP contribution is 2.30. The zero-order valence-electron chi connectivity index (χ0n) is 9.00. The van der Waals surface area contributed by atoms with Gasteiger partial charge in [0, 0.05) is 6.61 Å². The molecule has 2 rings (SSSR count). The fraction of sp³-hybridized carbons (Fsp3) is 0.364. The Hall–Kier alpha value is -0.810. The molecule has 0 bridgehead atoms. The molecule has 1 fully saturated rings. The predicted octanol–water partition coefficient (Wildman–Crippen LogP) is 2.05. The van der Waals surface area contributed by atoms with Gasteiger partial charge >= 0.3 is 0 Å². The first-order chi connectivity index (χ1) is 8.03. The molecule has 1 aromatic carbocycles. The number of anilines is 1. The monoisotopic (exact) mass is 274 g/mol. The van der Waals surface area contributed by atoms with Gasteiger partial charge in [-0.05, 0) is 18.6 Å². The van der Waals surface area contributed by atoms with Crippen molar-refractivity contribution < 1.29 is 9.53 Å². The zero-order chi connectivity index (χ0) is 12.5. The molecule has 0 saturated carbocycles. The van der Waals surface area contributed by atoms with E-state index in [1.54, 1.807) is 18.2 Å². The minimum absolute atomic E-state index is 0.219. The van der Waals surface area contributed by atoms with Gasteiger partial charge in [0.1, 0.15) is 5.54 Å². The number of nitrogens with two attached hydrogens (primary N) is 1. The number of ether oxygens (including phenoxy) is 1. The van der Waals surface area contributed by atoms with Gasteiger partial charge < -0.3 is 15.8 Å². The molecule has 0 radical (unpaired) electrons. The van der Waals surface area contributed by atoms with E-state index in [9.17, 15) is 4.79 Å². The largest absolute Gasteiger partial charge is 0.379 e. The number of benzene rings is 1. The highest BCUT2D eigenvalue weighted by atomic mass is 35.5. The summed E-state index contributed by atoms with van der Waals surface area (Å²) in [5.74, 6) is -0.306. The Morgan fingerprint density at radius 1 is 1.47 bits per heavy atom. The van der Waals surface area contributed by atoms with Gasteiger partial charge in [-0.1, -0.05) is 29.3 Å². The van der Waals surface area contributed by atoms with Crippen LogP contribution in [-0.4, -0.2) is 24.7 Å². The van der Waals surface area contributed by atoms with Crippen LogP contribution in [0.5, 0.6) is 0 Å². The van der Waals surface area contributed by atoms with E-state index in [1.165, 1.54) is 0 Å². The molecule has 1 saturated heterocycles. The fourth-order valence-electron chi connectivity index (χ4n) is 1.61. The summed E-state index contributed by atoms with van der Waals surface area (Å²) < 4.78 is 5.13. The number of hydrogen-bond donors (Lipinski definition) is 2. The molecule has 4 nitrogen and oxygen atoms in total.